The van der Waals surface area contributed by atoms with Crippen LogP contribution in [0, 0.1) is 0 Å². The molecule has 0 rings (SSSR count). The Morgan fingerprint density at radius 3 is 1.47 bits per heavy atom. The van der Waals surface area contributed by atoms with Crippen LogP contribution in [0.4, 0.5) is 0 Å². The average molecular weight is 282 g/mol. The Bertz CT molecular complexity index is 219. The second-order valence-corrected chi connectivity index (χ2v) is 2.68. The molecule has 114 valence electrons. The molecule has 19 heavy (non-hydrogen) atoms. The lowest BCUT2D eigenvalue weighted by atomic mass is 10.4. The van der Waals surface area contributed by atoms with Crippen molar-refractivity contribution < 1.29 is 39.5 Å². The summed E-state index contributed by atoms with van der Waals surface area (Å²) in [6.07, 6.45) is -0.950. The van der Waals surface area contributed by atoms with Crippen molar-refractivity contribution >= 4 is 17.9 Å². The molecule has 0 heterocycles. The monoisotopic (exact) mass is 282 g/mol. The number of hydrogen-bond donors (Lipinski definition) is 4. The van der Waals surface area contributed by atoms with E-state index in [0.717, 1.165) is 13.8 Å². The molecule has 0 aliphatic heterocycles. The molecule has 0 fully saturated rings. The zero-order chi connectivity index (χ0) is 16.4. The van der Waals surface area contributed by atoms with Gasteiger partial charge in [0.05, 0.1) is 6.61 Å². The van der Waals surface area contributed by atoms with Crippen molar-refractivity contribution in [3.05, 3.63) is 13.2 Å². The number of carbonyl (C=O) groups excluding carboxylic acids is 1. The van der Waals surface area contributed by atoms with Crippen LogP contribution in [0.3, 0.4) is 0 Å². The Kier molecular flexibility index (Phi) is 29.0. The molecule has 0 saturated carbocycles. The number of esters is 1. The van der Waals surface area contributed by atoms with Gasteiger partial charge in [-0.2, -0.15) is 0 Å². The SMILES string of the molecule is C=C.CC(=O)O.CC(=O)O.CC(=O)OCC(O)CO. The Balaban J connectivity index is -0.0000000944. The maximum absolute atomic E-state index is 10.0. The molecule has 8 heteroatoms. The summed E-state index contributed by atoms with van der Waals surface area (Å²) in [7, 11) is 0. The van der Waals surface area contributed by atoms with Crippen LogP contribution < -0.4 is 0 Å². The normalized spacial score (nSPS) is 8.89. The molecular formula is C11H22O8. The summed E-state index contributed by atoms with van der Waals surface area (Å²) < 4.78 is 4.35. The van der Waals surface area contributed by atoms with E-state index < -0.39 is 24.0 Å². The zero-order valence-electron chi connectivity index (χ0n) is 11.3. The second kappa shape index (κ2) is 21.4. The largest absolute Gasteiger partial charge is 0.481 e. The van der Waals surface area contributed by atoms with Gasteiger partial charge in [0.1, 0.15) is 12.7 Å². The number of aliphatic carboxylic acids is 2. The summed E-state index contributed by atoms with van der Waals surface area (Å²) in [5, 5.41) is 31.6. The third-order valence-electron chi connectivity index (χ3n) is 0.690. The summed E-state index contributed by atoms with van der Waals surface area (Å²) in [4.78, 5) is 28.0. The minimum Gasteiger partial charge on any atom is -0.481 e. The third kappa shape index (κ3) is 124. The van der Waals surface area contributed by atoms with Gasteiger partial charge in [-0.25, -0.2) is 0 Å². The number of carboxylic acid groups (broad SMARTS) is 2. The van der Waals surface area contributed by atoms with Crippen molar-refractivity contribution in [1.82, 2.24) is 0 Å². The van der Waals surface area contributed by atoms with Crippen molar-refractivity contribution in [2.75, 3.05) is 13.2 Å². The molecule has 0 aliphatic carbocycles. The van der Waals surface area contributed by atoms with Gasteiger partial charge in [0.2, 0.25) is 0 Å². The predicted octanol–water partition coefficient (Wildman–Crippen LogP) is -0.113. The maximum atomic E-state index is 10.0. The minimum atomic E-state index is -0.950. The fraction of sp³-hybridized carbons (Fsp3) is 0.545. The Morgan fingerprint density at radius 2 is 1.32 bits per heavy atom. The van der Waals surface area contributed by atoms with E-state index >= 15 is 0 Å². The molecular weight excluding hydrogens is 260 g/mol. The lowest BCUT2D eigenvalue weighted by Crippen LogP contribution is -2.20. The quantitative estimate of drug-likeness (QED) is 0.415. The number of ether oxygens (including phenoxy) is 1. The lowest BCUT2D eigenvalue weighted by molar-refractivity contribution is -0.144. The lowest BCUT2D eigenvalue weighted by Gasteiger charge is -2.05. The number of hydrogen-bond acceptors (Lipinski definition) is 6. The third-order valence-corrected chi connectivity index (χ3v) is 0.690. The van der Waals surface area contributed by atoms with Gasteiger partial charge in [-0.15, -0.1) is 13.2 Å². The molecule has 0 aromatic rings. The molecule has 1 unspecified atom stereocenters. The molecule has 1 atom stereocenters. The zero-order valence-corrected chi connectivity index (χ0v) is 11.3. The van der Waals surface area contributed by atoms with E-state index in [9.17, 15) is 4.79 Å². The topological polar surface area (TPSA) is 141 Å². The maximum Gasteiger partial charge on any atom is 0.302 e. The van der Waals surface area contributed by atoms with Crippen molar-refractivity contribution in [3.63, 3.8) is 0 Å². The molecule has 0 saturated heterocycles. The van der Waals surface area contributed by atoms with Crippen LogP contribution in [0.1, 0.15) is 20.8 Å². The van der Waals surface area contributed by atoms with Crippen LogP contribution in [-0.2, 0) is 19.1 Å². The molecule has 0 aromatic carbocycles. The summed E-state index contributed by atoms with van der Waals surface area (Å²) in [5.74, 6) is -2.12. The van der Waals surface area contributed by atoms with Crippen molar-refractivity contribution in [3.8, 4) is 0 Å². The van der Waals surface area contributed by atoms with Gasteiger partial charge in [-0.3, -0.25) is 14.4 Å². The van der Waals surface area contributed by atoms with Gasteiger partial charge in [0.25, 0.3) is 11.9 Å². The minimum absolute atomic E-state index is 0.133. The summed E-state index contributed by atoms with van der Waals surface area (Å²) >= 11 is 0. The Hall–Kier alpha value is -1.93. The highest BCUT2D eigenvalue weighted by Gasteiger charge is 2.02. The van der Waals surface area contributed by atoms with Crippen LogP contribution in [0.25, 0.3) is 0 Å². The number of aliphatic hydroxyl groups excluding tert-OH is 2. The first-order valence-corrected chi connectivity index (χ1v) is 4.94. The molecule has 0 radical (unpaired) electrons. The summed E-state index contributed by atoms with van der Waals surface area (Å²) in [6.45, 7) is 8.89. The Labute approximate surface area is 111 Å². The highest BCUT2D eigenvalue weighted by Crippen LogP contribution is 1.82. The Morgan fingerprint density at radius 1 is 1.05 bits per heavy atom. The van der Waals surface area contributed by atoms with E-state index in [4.69, 9.17) is 30.0 Å². The molecule has 0 spiro atoms. The molecule has 0 aromatic heterocycles. The van der Waals surface area contributed by atoms with Gasteiger partial charge in [-0.1, -0.05) is 0 Å². The predicted molar refractivity (Wildman–Crippen MR) is 67.6 cm³/mol. The van der Waals surface area contributed by atoms with Crippen molar-refractivity contribution in [2.24, 2.45) is 0 Å². The standard InChI is InChI=1S/C5H10O4.2C2H4O2.C2H4/c1-4(7)9-3-5(8)2-6;2*1-2(3)4;1-2/h5-6,8H,2-3H2,1H3;2*1H3,(H,3,4);1-2H2. The van der Waals surface area contributed by atoms with E-state index in [1.807, 2.05) is 0 Å². The average Bonchev–Trinajstić information content (AvgIpc) is 2.27. The number of carboxylic acids is 2. The molecule has 4 N–H and O–H groups in total. The van der Waals surface area contributed by atoms with Crippen LogP contribution in [0.15, 0.2) is 13.2 Å². The highest BCUT2D eigenvalue weighted by atomic mass is 16.5. The van der Waals surface area contributed by atoms with Gasteiger partial charge >= 0.3 is 5.97 Å². The van der Waals surface area contributed by atoms with E-state index in [2.05, 4.69) is 17.9 Å². The molecule has 0 bridgehead atoms. The van der Waals surface area contributed by atoms with E-state index in [0.29, 0.717) is 0 Å². The second-order valence-electron chi connectivity index (χ2n) is 2.68. The van der Waals surface area contributed by atoms with E-state index in [1.54, 1.807) is 0 Å². The first-order chi connectivity index (χ1) is 8.63. The first kappa shape index (κ1) is 25.8. The van der Waals surface area contributed by atoms with Crippen LogP contribution in [0.2, 0.25) is 0 Å². The van der Waals surface area contributed by atoms with Gasteiger partial charge in [0.15, 0.2) is 0 Å². The van der Waals surface area contributed by atoms with Crippen molar-refractivity contribution in [1.29, 1.82) is 0 Å². The van der Waals surface area contributed by atoms with Crippen LogP contribution >= 0.6 is 0 Å². The molecule has 0 aliphatic rings. The van der Waals surface area contributed by atoms with E-state index in [-0.39, 0.29) is 13.2 Å². The van der Waals surface area contributed by atoms with Crippen LogP contribution in [0.5, 0.6) is 0 Å². The van der Waals surface area contributed by atoms with Gasteiger partial charge in [0, 0.05) is 20.8 Å². The fourth-order valence-corrected chi connectivity index (χ4v) is 0.266. The number of rotatable bonds is 3. The summed E-state index contributed by atoms with van der Waals surface area (Å²) in [5.41, 5.74) is 0. The van der Waals surface area contributed by atoms with Crippen LogP contribution in [-0.4, -0.2) is 57.7 Å². The number of aliphatic hydroxyl groups is 2. The van der Waals surface area contributed by atoms with Gasteiger partial charge in [-0.05, 0) is 0 Å². The molecule has 8 nitrogen and oxygen atoms in total. The molecule has 0 amide bonds. The van der Waals surface area contributed by atoms with E-state index in [1.165, 1.54) is 6.92 Å². The summed E-state index contributed by atoms with van der Waals surface area (Å²) in [6, 6.07) is 0. The first-order valence-electron chi connectivity index (χ1n) is 4.94. The highest BCUT2D eigenvalue weighted by molar-refractivity contribution is 5.65. The van der Waals surface area contributed by atoms with Crippen molar-refractivity contribution in [2.45, 2.75) is 26.9 Å². The van der Waals surface area contributed by atoms with Gasteiger partial charge < -0.3 is 25.2 Å². The smallest absolute Gasteiger partial charge is 0.302 e. The number of carbonyl (C=O) groups is 3. The fourth-order valence-electron chi connectivity index (χ4n) is 0.266.